The fourth-order valence-corrected chi connectivity index (χ4v) is 1.66. The van der Waals surface area contributed by atoms with Gasteiger partial charge in [0.15, 0.2) is 0 Å². The molecule has 1 saturated carbocycles. The van der Waals surface area contributed by atoms with Crippen LogP contribution in [0, 0.1) is 0 Å². The van der Waals surface area contributed by atoms with Crippen molar-refractivity contribution in [2.24, 2.45) is 5.73 Å². The van der Waals surface area contributed by atoms with E-state index in [2.05, 4.69) is 0 Å². The second kappa shape index (κ2) is 7.17. The van der Waals surface area contributed by atoms with Gasteiger partial charge in [-0.05, 0) is 19.3 Å². The maximum absolute atomic E-state index is 5.86. The van der Waals surface area contributed by atoms with Gasteiger partial charge in [0.1, 0.15) is 0 Å². The van der Waals surface area contributed by atoms with Crippen LogP contribution in [0.3, 0.4) is 0 Å². The summed E-state index contributed by atoms with van der Waals surface area (Å²) in [6.45, 7) is 2.55. The van der Waals surface area contributed by atoms with E-state index in [0.29, 0.717) is 26.4 Å². The first-order valence-electron chi connectivity index (χ1n) is 5.28. The molecule has 4 heteroatoms. The minimum Gasteiger partial charge on any atom is -0.382 e. The highest BCUT2D eigenvalue weighted by atomic mass is 16.5. The summed E-state index contributed by atoms with van der Waals surface area (Å²) in [6, 6.07) is 0.231. The molecule has 4 nitrogen and oxygen atoms in total. The summed E-state index contributed by atoms with van der Waals surface area (Å²) in [5.74, 6) is 0. The Labute approximate surface area is 85.7 Å². The van der Waals surface area contributed by atoms with Crippen LogP contribution in [0.15, 0.2) is 0 Å². The molecule has 0 heterocycles. The molecule has 84 valence electrons. The van der Waals surface area contributed by atoms with E-state index in [1.807, 2.05) is 0 Å². The van der Waals surface area contributed by atoms with Crippen molar-refractivity contribution < 1.29 is 14.2 Å². The van der Waals surface area contributed by atoms with Crippen molar-refractivity contribution in [1.29, 1.82) is 0 Å². The highest BCUT2D eigenvalue weighted by Crippen LogP contribution is 2.19. The van der Waals surface area contributed by atoms with Gasteiger partial charge in [-0.15, -0.1) is 0 Å². The summed E-state index contributed by atoms with van der Waals surface area (Å²) in [5, 5.41) is 0. The van der Waals surface area contributed by atoms with Crippen LogP contribution in [0.5, 0.6) is 0 Å². The zero-order valence-corrected chi connectivity index (χ0v) is 8.91. The minimum atomic E-state index is 0.231. The fraction of sp³-hybridized carbons (Fsp3) is 1.00. The average Bonchev–Trinajstić information content (AvgIpc) is 2.58. The van der Waals surface area contributed by atoms with Crippen LogP contribution in [0.1, 0.15) is 19.3 Å². The van der Waals surface area contributed by atoms with Crippen LogP contribution in [0.4, 0.5) is 0 Å². The van der Waals surface area contributed by atoms with E-state index >= 15 is 0 Å². The van der Waals surface area contributed by atoms with Gasteiger partial charge in [0, 0.05) is 13.2 Å². The lowest BCUT2D eigenvalue weighted by molar-refractivity contribution is -0.00848. The van der Waals surface area contributed by atoms with Crippen molar-refractivity contribution in [2.75, 3.05) is 33.5 Å². The topological polar surface area (TPSA) is 53.7 Å². The van der Waals surface area contributed by atoms with Crippen molar-refractivity contribution in [2.45, 2.75) is 31.4 Å². The van der Waals surface area contributed by atoms with Crippen molar-refractivity contribution in [3.63, 3.8) is 0 Å². The Morgan fingerprint density at radius 2 is 1.93 bits per heavy atom. The zero-order valence-electron chi connectivity index (χ0n) is 8.91. The standard InChI is InChI=1S/C10H21NO3/c1-12-5-6-13-7-8-14-10-4-2-3-9(10)11/h9-10H,2-8,11H2,1H3. The highest BCUT2D eigenvalue weighted by molar-refractivity contribution is 4.80. The number of hydrogen-bond donors (Lipinski definition) is 1. The molecule has 0 aromatic heterocycles. The smallest absolute Gasteiger partial charge is 0.0727 e. The third-order valence-corrected chi connectivity index (χ3v) is 2.50. The van der Waals surface area contributed by atoms with Crippen molar-refractivity contribution in [3.05, 3.63) is 0 Å². The van der Waals surface area contributed by atoms with E-state index < -0.39 is 0 Å². The van der Waals surface area contributed by atoms with Crippen LogP contribution in [0.2, 0.25) is 0 Å². The molecule has 1 aliphatic carbocycles. The Bertz CT molecular complexity index is 143. The molecule has 2 atom stereocenters. The molecule has 1 rings (SSSR count). The molecule has 0 saturated heterocycles. The maximum atomic E-state index is 5.86. The fourth-order valence-electron chi connectivity index (χ4n) is 1.66. The normalized spacial score (nSPS) is 27.0. The Hall–Kier alpha value is -0.160. The lowest BCUT2D eigenvalue weighted by Crippen LogP contribution is -2.32. The predicted molar refractivity (Wildman–Crippen MR) is 54.3 cm³/mol. The van der Waals surface area contributed by atoms with E-state index in [1.165, 1.54) is 6.42 Å². The summed E-state index contributed by atoms with van der Waals surface area (Å²) in [7, 11) is 1.66. The summed E-state index contributed by atoms with van der Waals surface area (Å²) in [5.41, 5.74) is 5.86. The largest absolute Gasteiger partial charge is 0.382 e. The molecule has 2 unspecified atom stereocenters. The van der Waals surface area contributed by atoms with Gasteiger partial charge in [-0.25, -0.2) is 0 Å². The van der Waals surface area contributed by atoms with E-state index in [4.69, 9.17) is 19.9 Å². The van der Waals surface area contributed by atoms with Gasteiger partial charge >= 0.3 is 0 Å². The van der Waals surface area contributed by atoms with Gasteiger partial charge in [0.2, 0.25) is 0 Å². The molecule has 14 heavy (non-hydrogen) atoms. The van der Waals surface area contributed by atoms with Gasteiger partial charge < -0.3 is 19.9 Å². The number of nitrogens with two attached hydrogens (primary N) is 1. The number of hydrogen-bond acceptors (Lipinski definition) is 4. The molecule has 1 fully saturated rings. The molecule has 0 radical (unpaired) electrons. The third-order valence-electron chi connectivity index (χ3n) is 2.50. The molecule has 0 spiro atoms. The Kier molecular flexibility index (Phi) is 6.10. The Balaban J connectivity index is 1.88. The Morgan fingerprint density at radius 3 is 2.57 bits per heavy atom. The van der Waals surface area contributed by atoms with Gasteiger partial charge in [-0.3, -0.25) is 0 Å². The van der Waals surface area contributed by atoms with Gasteiger partial charge in [-0.1, -0.05) is 0 Å². The van der Waals surface area contributed by atoms with E-state index in [-0.39, 0.29) is 12.1 Å². The molecular weight excluding hydrogens is 182 g/mol. The first-order chi connectivity index (χ1) is 6.84. The summed E-state index contributed by atoms with van der Waals surface area (Å²) < 4.78 is 15.7. The summed E-state index contributed by atoms with van der Waals surface area (Å²) in [6.07, 6.45) is 3.63. The maximum Gasteiger partial charge on any atom is 0.0727 e. The second-order valence-corrected chi connectivity index (χ2v) is 3.61. The van der Waals surface area contributed by atoms with E-state index in [9.17, 15) is 0 Å². The lowest BCUT2D eigenvalue weighted by Gasteiger charge is -2.16. The quantitative estimate of drug-likeness (QED) is 0.614. The van der Waals surface area contributed by atoms with E-state index in [1.54, 1.807) is 7.11 Å². The number of methoxy groups -OCH3 is 1. The molecular formula is C10H21NO3. The molecule has 2 N–H and O–H groups in total. The van der Waals surface area contributed by atoms with Crippen molar-refractivity contribution in [1.82, 2.24) is 0 Å². The molecule has 0 bridgehead atoms. The van der Waals surface area contributed by atoms with Crippen LogP contribution in [-0.4, -0.2) is 45.7 Å². The second-order valence-electron chi connectivity index (χ2n) is 3.61. The van der Waals surface area contributed by atoms with Gasteiger partial charge in [0.25, 0.3) is 0 Å². The van der Waals surface area contributed by atoms with Crippen LogP contribution in [0.25, 0.3) is 0 Å². The first-order valence-corrected chi connectivity index (χ1v) is 5.28. The predicted octanol–water partition coefficient (Wildman–Crippen LogP) is 0.546. The monoisotopic (exact) mass is 203 g/mol. The molecule has 0 aromatic rings. The van der Waals surface area contributed by atoms with Crippen molar-refractivity contribution in [3.8, 4) is 0 Å². The summed E-state index contributed by atoms with van der Waals surface area (Å²) in [4.78, 5) is 0. The average molecular weight is 203 g/mol. The minimum absolute atomic E-state index is 0.231. The Morgan fingerprint density at radius 1 is 1.14 bits per heavy atom. The molecule has 0 aromatic carbocycles. The van der Waals surface area contributed by atoms with E-state index in [0.717, 1.165) is 12.8 Å². The summed E-state index contributed by atoms with van der Waals surface area (Å²) >= 11 is 0. The molecule has 0 amide bonds. The third kappa shape index (κ3) is 4.37. The van der Waals surface area contributed by atoms with Gasteiger partial charge in [0.05, 0.1) is 32.5 Å². The molecule has 1 aliphatic rings. The molecule has 0 aliphatic heterocycles. The first kappa shape index (κ1) is 11.9. The number of rotatable bonds is 7. The van der Waals surface area contributed by atoms with Crippen LogP contribution >= 0.6 is 0 Å². The van der Waals surface area contributed by atoms with Crippen LogP contribution in [-0.2, 0) is 14.2 Å². The van der Waals surface area contributed by atoms with Gasteiger partial charge in [-0.2, -0.15) is 0 Å². The lowest BCUT2D eigenvalue weighted by atomic mass is 10.2. The highest BCUT2D eigenvalue weighted by Gasteiger charge is 2.23. The number of ether oxygens (including phenoxy) is 3. The SMILES string of the molecule is COCCOCCOC1CCCC1N. The van der Waals surface area contributed by atoms with Crippen molar-refractivity contribution >= 4 is 0 Å². The van der Waals surface area contributed by atoms with Crippen LogP contribution < -0.4 is 5.73 Å². The zero-order chi connectivity index (χ0) is 10.2.